The third-order valence-corrected chi connectivity index (χ3v) is 6.80. The fourth-order valence-electron chi connectivity index (χ4n) is 4.62. The predicted molar refractivity (Wildman–Crippen MR) is 107 cm³/mol. The van der Waals surface area contributed by atoms with Crippen LogP contribution in [0.4, 0.5) is 5.69 Å². The third-order valence-electron chi connectivity index (χ3n) is 6.11. The van der Waals surface area contributed by atoms with Crippen LogP contribution in [-0.4, -0.2) is 5.78 Å². The maximum Gasteiger partial charge on any atom is 0.159 e. The minimum Gasteiger partial charge on any atom is -0.378 e. The quantitative estimate of drug-likeness (QED) is 0.600. The topological polar surface area (TPSA) is 29.1 Å². The van der Waals surface area contributed by atoms with Crippen molar-refractivity contribution in [3.8, 4) is 0 Å². The third kappa shape index (κ3) is 2.83. The monoisotopic (exact) mass is 397 g/mol. The van der Waals surface area contributed by atoms with Crippen molar-refractivity contribution in [3.63, 3.8) is 0 Å². The summed E-state index contributed by atoms with van der Waals surface area (Å²) < 4.78 is 1.20. The molecule has 25 heavy (non-hydrogen) atoms. The number of ketones is 1. The fourth-order valence-corrected chi connectivity index (χ4v) is 5.32. The number of rotatable bonds is 2. The van der Waals surface area contributed by atoms with E-state index in [-0.39, 0.29) is 5.78 Å². The number of anilines is 1. The van der Waals surface area contributed by atoms with Gasteiger partial charge < -0.3 is 5.32 Å². The van der Waals surface area contributed by atoms with Gasteiger partial charge in [0.05, 0.1) is 6.04 Å². The molecule has 3 heteroatoms. The second-order valence-corrected chi connectivity index (χ2v) is 8.49. The van der Waals surface area contributed by atoms with Crippen molar-refractivity contribution in [1.29, 1.82) is 0 Å². The fraction of sp³-hybridized carbons (Fsp3) is 0.409. The Kier molecular flexibility index (Phi) is 4.23. The van der Waals surface area contributed by atoms with Crippen LogP contribution in [0.25, 0.3) is 0 Å². The summed E-state index contributed by atoms with van der Waals surface area (Å²) in [6, 6.07) is 11.1. The van der Waals surface area contributed by atoms with E-state index in [9.17, 15) is 4.79 Å². The van der Waals surface area contributed by atoms with E-state index < -0.39 is 0 Å². The van der Waals surface area contributed by atoms with Gasteiger partial charge in [0.25, 0.3) is 0 Å². The molecule has 0 spiro atoms. The number of nitrogens with one attached hydrogen (secondary N) is 1. The molecular weight excluding hydrogens is 374 g/mol. The average molecular weight is 398 g/mol. The highest BCUT2D eigenvalue weighted by atomic mass is 79.9. The number of Topliss-reactive ketones (excluding diaryl/α,β-unsaturated/α-hetero) is 1. The van der Waals surface area contributed by atoms with Crippen molar-refractivity contribution >= 4 is 27.4 Å². The molecule has 3 atom stereocenters. The summed E-state index contributed by atoms with van der Waals surface area (Å²) in [5.41, 5.74) is 7.39. The van der Waals surface area contributed by atoms with Crippen LogP contribution in [0.1, 0.15) is 70.8 Å². The van der Waals surface area contributed by atoms with Crippen molar-refractivity contribution < 1.29 is 4.79 Å². The lowest BCUT2D eigenvalue weighted by atomic mass is 9.76. The molecule has 1 aliphatic carbocycles. The molecule has 1 unspecified atom stereocenters. The van der Waals surface area contributed by atoms with Crippen LogP contribution in [0.2, 0.25) is 0 Å². The second-order valence-electron chi connectivity index (χ2n) is 7.64. The number of aryl methyl sites for hydroxylation is 2. The van der Waals surface area contributed by atoms with Gasteiger partial charge in [-0.3, -0.25) is 4.79 Å². The van der Waals surface area contributed by atoms with Gasteiger partial charge in [-0.2, -0.15) is 0 Å². The molecule has 2 aliphatic rings. The van der Waals surface area contributed by atoms with Gasteiger partial charge >= 0.3 is 0 Å². The maximum atomic E-state index is 11.8. The SMILES string of the molecule is CC(=O)c1ccc2c(c1)[C@@H]1CCC[C@@H]1C(c1cc(C)c(C)cc1Br)N2. The van der Waals surface area contributed by atoms with Crippen molar-refractivity contribution in [3.05, 3.63) is 62.6 Å². The molecule has 1 fully saturated rings. The zero-order chi connectivity index (χ0) is 17.7. The highest BCUT2D eigenvalue weighted by Crippen LogP contribution is 2.53. The van der Waals surface area contributed by atoms with E-state index in [1.807, 2.05) is 6.07 Å². The number of halogens is 1. The molecule has 0 amide bonds. The summed E-state index contributed by atoms with van der Waals surface area (Å²) in [4.78, 5) is 11.8. The molecule has 0 saturated heterocycles. The van der Waals surface area contributed by atoms with Gasteiger partial charge in [-0.1, -0.05) is 28.4 Å². The van der Waals surface area contributed by atoms with Crippen LogP contribution in [-0.2, 0) is 0 Å². The molecule has 4 rings (SSSR count). The molecule has 130 valence electrons. The first-order valence-corrected chi connectivity index (χ1v) is 9.93. The van der Waals surface area contributed by atoms with Crippen molar-refractivity contribution in [2.24, 2.45) is 5.92 Å². The van der Waals surface area contributed by atoms with E-state index in [0.29, 0.717) is 17.9 Å². The lowest BCUT2D eigenvalue weighted by molar-refractivity contribution is 0.101. The number of carbonyl (C=O) groups excluding carboxylic acids is 1. The van der Waals surface area contributed by atoms with E-state index in [0.717, 1.165) is 5.56 Å². The molecule has 1 aliphatic heterocycles. The average Bonchev–Trinajstić information content (AvgIpc) is 3.07. The van der Waals surface area contributed by atoms with Gasteiger partial charge in [-0.25, -0.2) is 0 Å². The van der Waals surface area contributed by atoms with Crippen LogP contribution >= 0.6 is 15.9 Å². The largest absolute Gasteiger partial charge is 0.378 e. The summed E-state index contributed by atoms with van der Waals surface area (Å²) in [5.74, 6) is 1.29. The van der Waals surface area contributed by atoms with Crippen molar-refractivity contribution in [2.45, 2.75) is 52.0 Å². The van der Waals surface area contributed by atoms with Crippen LogP contribution < -0.4 is 5.32 Å². The summed E-state index contributed by atoms with van der Waals surface area (Å²) in [5, 5.41) is 3.80. The summed E-state index contributed by atoms with van der Waals surface area (Å²) >= 11 is 3.80. The Hall–Kier alpha value is -1.61. The smallest absolute Gasteiger partial charge is 0.159 e. The number of benzene rings is 2. The molecule has 0 bridgehead atoms. The highest BCUT2D eigenvalue weighted by molar-refractivity contribution is 9.10. The van der Waals surface area contributed by atoms with Crippen LogP contribution in [0.5, 0.6) is 0 Å². The molecule has 2 nitrogen and oxygen atoms in total. The number of hydrogen-bond donors (Lipinski definition) is 1. The summed E-state index contributed by atoms with van der Waals surface area (Å²) in [7, 11) is 0. The van der Waals surface area contributed by atoms with E-state index >= 15 is 0 Å². The number of carbonyl (C=O) groups is 1. The number of fused-ring (bicyclic) bond motifs is 3. The molecule has 2 aromatic rings. The van der Waals surface area contributed by atoms with Crippen LogP contribution in [0.3, 0.4) is 0 Å². The Morgan fingerprint density at radius 2 is 1.84 bits per heavy atom. The lowest BCUT2D eigenvalue weighted by Gasteiger charge is -2.38. The van der Waals surface area contributed by atoms with Crippen LogP contribution in [0.15, 0.2) is 34.8 Å². The Bertz CT molecular complexity index is 857. The molecule has 1 saturated carbocycles. The van der Waals surface area contributed by atoms with Gasteiger partial charge in [-0.05, 0) is 92.0 Å². The highest BCUT2D eigenvalue weighted by Gasteiger charge is 2.41. The second kappa shape index (κ2) is 6.28. The first-order valence-electron chi connectivity index (χ1n) is 9.14. The molecule has 1 N–H and O–H groups in total. The van der Waals surface area contributed by atoms with Gasteiger partial charge in [0, 0.05) is 15.7 Å². The zero-order valence-corrected chi connectivity index (χ0v) is 16.6. The lowest BCUT2D eigenvalue weighted by Crippen LogP contribution is -2.29. The van der Waals surface area contributed by atoms with Crippen molar-refractivity contribution in [2.75, 3.05) is 5.32 Å². The van der Waals surface area contributed by atoms with Gasteiger partial charge in [0.15, 0.2) is 5.78 Å². The minimum absolute atomic E-state index is 0.149. The molecule has 0 aromatic heterocycles. The predicted octanol–water partition coefficient (Wildman–Crippen LogP) is 6.32. The van der Waals surface area contributed by atoms with Gasteiger partial charge in [-0.15, -0.1) is 0 Å². The van der Waals surface area contributed by atoms with E-state index in [1.54, 1.807) is 6.92 Å². The number of hydrogen-bond acceptors (Lipinski definition) is 2. The first-order chi connectivity index (χ1) is 12.0. The van der Waals surface area contributed by atoms with E-state index in [4.69, 9.17) is 0 Å². The molecule has 2 aromatic carbocycles. The van der Waals surface area contributed by atoms with Gasteiger partial charge in [0.1, 0.15) is 0 Å². The van der Waals surface area contributed by atoms with E-state index in [1.165, 1.54) is 51.7 Å². The maximum absolute atomic E-state index is 11.8. The van der Waals surface area contributed by atoms with Crippen molar-refractivity contribution in [1.82, 2.24) is 0 Å². The Labute approximate surface area is 158 Å². The Morgan fingerprint density at radius 3 is 2.60 bits per heavy atom. The molecular formula is C22H24BrNO. The Balaban J connectivity index is 1.80. The van der Waals surface area contributed by atoms with Gasteiger partial charge in [0.2, 0.25) is 0 Å². The summed E-state index contributed by atoms with van der Waals surface area (Å²) in [6.45, 7) is 6.00. The zero-order valence-electron chi connectivity index (χ0n) is 15.0. The minimum atomic E-state index is 0.149. The standard InChI is InChI=1S/C22H24BrNO/c1-12-9-19(20(23)10-13(12)2)22-17-6-4-5-16(17)18-11-15(14(3)25)7-8-21(18)24-22/h7-11,16-17,22,24H,4-6H2,1-3H3/t16-,17+,22?/m1/s1. The normalized spacial score (nSPS) is 24.4. The van der Waals surface area contributed by atoms with E-state index in [2.05, 4.69) is 59.4 Å². The van der Waals surface area contributed by atoms with Crippen LogP contribution in [0, 0.1) is 19.8 Å². The summed E-state index contributed by atoms with van der Waals surface area (Å²) in [6.07, 6.45) is 3.73. The first kappa shape index (κ1) is 16.8. The molecule has 0 radical (unpaired) electrons. The molecule has 1 heterocycles. The Morgan fingerprint density at radius 1 is 1.08 bits per heavy atom.